The van der Waals surface area contributed by atoms with Gasteiger partial charge in [-0.2, -0.15) is 0 Å². The van der Waals surface area contributed by atoms with Crippen LogP contribution in [0.15, 0.2) is 30.5 Å². The molecule has 0 saturated carbocycles. The van der Waals surface area contributed by atoms with Gasteiger partial charge in [-0.25, -0.2) is 0 Å². The average Bonchev–Trinajstić information content (AvgIpc) is 2.27. The summed E-state index contributed by atoms with van der Waals surface area (Å²) in [5, 5.41) is 1.02. The van der Waals surface area contributed by atoms with Gasteiger partial charge in [-0.3, -0.25) is 4.98 Å². The number of nitrogens with zero attached hydrogens (tertiary/aromatic N) is 2. The predicted molar refractivity (Wildman–Crippen MR) is 78.9 cm³/mol. The molecule has 0 saturated heterocycles. The van der Waals surface area contributed by atoms with Crippen LogP contribution in [0.4, 0.5) is 11.4 Å². The third-order valence-electron chi connectivity index (χ3n) is 2.93. The van der Waals surface area contributed by atoms with E-state index in [-0.39, 0.29) is 5.41 Å². The Balaban J connectivity index is 2.43. The molecule has 2 N–H and O–H groups in total. The van der Waals surface area contributed by atoms with E-state index in [1.807, 2.05) is 18.2 Å². The highest BCUT2D eigenvalue weighted by Gasteiger charge is 2.16. The second-order valence-corrected chi connectivity index (χ2v) is 5.99. The summed E-state index contributed by atoms with van der Waals surface area (Å²) in [6.45, 7) is 7.63. The smallest absolute Gasteiger partial charge is 0.0724 e. The molecule has 1 aromatic carbocycles. The number of rotatable bonds is 2. The normalized spacial score (nSPS) is 11.8. The zero-order valence-corrected chi connectivity index (χ0v) is 11.6. The molecule has 3 heteroatoms. The lowest BCUT2D eigenvalue weighted by Gasteiger charge is -2.29. The number of nitrogens with two attached hydrogens (primary N) is 1. The maximum atomic E-state index is 6.26. The van der Waals surface area contributed by atoms with Crippen LogP contribution in [0.3, 0.4) is 0 Å². The Morgan fingerprint density at radius 2 is 1.94 bits per heavy atom. The molecule has 0 fully saturated rings. The van der Waals surface area contributed by atoms with Gasteiger partial charge in [0.05, 0.1) is 16.9 Å². The zero-order valence-electron chi connectivity index (χ0n) is 11.6. The van der Waals surface area contributed by atoms with Gasteiger partial charge in [0.25, 0.3) is 0 Å². The first-order valence-electron chi connectivity index (χ1n) is 6.23. The lowest BCUT2D eigenvalue weighted by molar-refractivity contribution is 0.419. The summed E-state index contributed by atoms with van der Waals surface area (Å²) in [5.41, 5.74) is 9.33. The third kappa shape index (κ3) is 2.55. The van der Waals surface area contributed by atoms with Crippen molar-refractivity contribution in [1.82, 2.24) is 4.98 Å². The zero-order chi connectivity index (χ0) is 13.3. The van der Waals surface area contributed by atoms with Gasteiger partial charge in [0.15, 0.2) is 0 Å². The Kier molecular flexibility index (Phi) is 3.16. The summed E-state index contributed by atoms with van der Waals surface area (Å²) in [7, 11) is 2.08. The highest BCUT2D eigenvalue weighted by molar-refractivity contribution is 5.97. The van der Waals surface area contributed by atoms with Gasteiger partial charge < -0.3 is 10.6 Å². The molecule has 1 aromatic heterocycles. The van der Waals surface area contributed by atoms with Crippen molar-refractivity contribution in [3.05, 3.63) is 30.5 Å². The van der Waals surface area contributed by atoms with E-state index in [1.54, 1.807) is 6.20 Å². The molecule has 3 nitrogen and oxygen atoms in total. The SMILES string of the molecule is CN(CC(C)(C)C)c1ccc2ncccc2c1N. The Morgan fingerprint density at radius 1 is 1.22 bits per heavy atom. The van der Waals surface area contributed by atoms with Crippen molar-refractivity contribution in [2.75, 3.05) is 24.2 Å². The number of pyridine rings is 1. The molecule has 1 heterocycles. The van der Waals surface area contributed by atoms with Crippen LogP contribution < -0.4 is 10.6 Å². The third-order valence-corrected chi connectivity index (χ3v) is 2.93. The highest BCUT2D eigenvalue weighted by Crippen LogP contribution is 2.31. The van der Waals surface area contributed by atoms with Gasteiger partial charge in [0.1, 0.15) is 0 Å². The molecular formula is C15H21N3. The standard InChI is InChI=1S/C15H21N3/c1-15(2,3)10-18(4)13-8-7-12-11(14(13)16)6-5-9-17-12/h5-9H,10,16H2,1-4H3. The van der Waals surface area contributed by atoms with Crippen molar-refractivity contribution < 1.29 is 0 Å². The van der Waals surface area contributed by atoms with Crippen molar-refractivity contribution in [2.24, 2.45) is 5.41 Å². The van der Waals surface area contributed by atoms with Crippen LogP contribution in [0.1, 0.15) is 20.8 Å². The van der Waals surface area contributed by atoms with E-state index in [0.717, 1.165) is 28.8 Å². The van der Waals surface area contributed by atoms with Crippen molar-refractivity contribution in [2.45, 2.75) is 20.8 Å². The lowest BCUT2D eigenvalue weighted by atomic mass is 9.96. The molecule has 18 heavy (non-hydrogen) atoms. The summed E-state index contributed by atoms with van der Waals surface area (Å²) >= 11 is 0. The largest absolute Gasteiger partial charge is 0.396 e. The number of benzene rings is 1. The van der Waals surface area contributed by atoms with Gasteiger partial charge in [-0.05, 0) is 29.7 Å². The topological polar surface area (TPSA) is 42.2 Å². The Bertz CT molecular complexity index is 555. The fraction of sp³-hybridized carbons (Fsp3) is 0.400. The van der Waals surface area contributed by atoms with E-state index < -0.39 is 0 Å². The molecule has 0 spiro atoms. The van der Waals surface area contributed by atoms with E-state index in [9.17, 15) is 0 Å². The van der Waals surface area contributed by atoms with Crippen molar-refractivity contribution in [3.8, 4) is 0 Å². The molecule has 0 aliphatic heterocycles. The van der Waals surface area contributed by atoms with Crippen LogP contribution in [-0.2, 0) is 0 Å². The molecule has 0 amide bonds. The second kappa shape index (κ2) is 4.48. The number of nitrogen functional groups attached to an aromatic ring is 1. The summed E-state index contributed by atoms with van der Waals surface area (Å²) < 4.78 is 0. The van der Waals surface area contributed by atoms with Crippen LogP contribution in [0, 0.1) is 5.41 Å². The summed E-state index contributed by atoms with van der Waals surface area (Å²) in [6, 6.07) is 8.02. The first kappa shape index (κ1) is 12.7. The number of fused-ring (bicyclic) bond motifs is 1. The van der Waals surface area contributed by atoms with E-state index in [2.05, 4.69) is 43.8 Å². The van der Waals surface area contributed by atoms with Crippen LogP contribution in [0.5, 0.6) is 0 Å². The van der Waals surface area contributed by atoms with Gasteiger partial charge in [-0.1, -0.05) is 20.8 Å². The lowest BCUT2D eigenvalue weighted by Crippen LogP contribution is -2.29. The van der Waals surface area contributed by atoms with Gasteiger partial charge in [-0.15, -0.1) is 0 Å². The number of anilines is 2. The minimum Gasteiger partial charge on any atom is -0.396 e. The van der Waals surface area contributed by atoms with E-state index in [4.69, 9.17) is 5.73 Å². The van der Waals surface area contributed by atoms with E-state index >= 15 is 0 Å². The predicted octanol–water partition coefficient (Wildman–Crippen LogP) is 3.30. The minimum atomic E-state index is 0.241. The Morgan fingerprint density at radius 3 is 2.61 bits per heavy atom. The van der Waals surface area contributed by atoms with E-state index in [0.29, 0.717) is 0 Å². The van der Waals surface area contributed by atoms with Gasteiger partial charge in [0.2, 0.25) is 0 Å². The maximum absolute atomic E-state index is 6.26. The van der Waals surface area contributed by atoms with E-state index in [1.165, 1.54) is 0 Å². The molecule has 2 rings (SSSR count). The molecule has 0 aliphatic rings. The summed E-state index contributed by atoms with van der Waals surface area (Å²) in [5.74, 6) is 0. The summed E-state index contributed by atoms with van der Waals surface area (Å²) in [4.78, 5) is 6.53. The van der Waals surface area contributed by atoms with Crippen LogP contribution in [0.25, 0.3) is 10.9 Å². The van der Waals surface area contributed by atoms with Crippen molar-refractivity contribution >= 4 is 22.3 Å². The molecular weight excluding hydrogens is 222 g/mol. The number of hydrogen-bond donors (Lipinski definition) is 1. The average molecular weight is 243 g/mol. The monoisotopic (exact) mass is 243 g/mol. The molecule has 0 atom stereocenters. The second-order valence-electron chi connectivity index (χ2n) is 5.99. The quantitative estimate of drug-likeness (QED) is 0.823. The molecule has 0 unspecified atom stereocenters. The first-order chi connectivity index (χ1) is 8.38. The fourth-order valence-corrected chi connectivity index (χ4v) is 2.29. The molecule has 0 aliphatic carbocycles. The van der Waals surface area contributed by atoms with Crippen LogP contribution in [0.2, 0.25) is 0 Å². The Labute approximate surface area is 109 Å². The number of aromatic nitrogens is 1. The van der Waals surface area contributed by atoms with Crippen LogP contribution >= 0.6 is 0 Å². The molecule has 96 valence electrons. The molecule has 0 radical (unpaired) electrons. The van der Waals surface area contributed by atoms with Crippen molar-refractivity contribution in [1.29, 1.82) is 0 Å². The molecule has 2 aromatic rings. The Hall–Kier alpha value is -1.77. The molecule has 0 bridgehead atoms. The van der Waals surface area contributed by atoms with Gasteiger partial charge >= 0.3 is 0 Å². The van der Waals surface area contributed by atoms with Crippen LogP contribution in [-0.4, -0.2) is 18.6 Å². The fourth-order valence-electron chi connectivity index (χ4n) is 2.29. The first-order valence-corrected chi connectivity index (χ1v) is 6.23. The highest BCUT2D eigenvalue weighted by atomic mass is 15.1. The van der Waals surface area contributed by atoms with Gasteiger partial charge in [0, 0.05) is 25.2 Å². The number of hydrogen-bond acceptors (Lipinski definition) is 3. The minimum absolute atomic E-state index is 0.241. The van der Waals surface area contributed by atoms with Crippen molar-refractivity contribution in [3.63, 3.8) is 0 Å². The summed E-state index contributed by atoms with van der Waals surface area (Å²) in [6.07, 6.45) is 1.79. The maximum Gasteiger partial charge on any atom is 0.0724 e.